The van der Waals surface area contributed by atoms with Crippen LogP contribution in [0.4, 0.5) is 0 Å². The maximum Gasteiger partial charge on any atom is 0.191 e. The van der Waals surface area contributed by atoms with Crippen molar-refractivity contribution in [3.05, 3.63) is 0 Å². The van der Waals surface area contributed by atoms with Crippen molar-refractivity contribution in [2.24, 2.45) is 10.4 Å². The van der Waals surface area contributed by atoms with Gasteiger partial charge in [0.25, 0.3) is 0 Å². The van der Waals surface area contributed by atoms with Gasteiger partial charge in [0.15, 0.2) is 5.96 Å². The molecular formula is C18H40N4O. The largest absolute Gasteiger partial charge is 0.379 e. The van der Waals surface area contributed by atoms with Crippen LogP contribution in [0.15, 0.2) is 4.99 Å². The number of rotatable bonds is 11. The Morgan fingerprint density at radius 1 is 1.04 bits per heavy atom. The Bertz CT molecular complexity index is 311. The van der Waals surface area contributed by atoms with E-state index in [1.807, 2.05) is 7.05 Å². The molecule has 1 atom stereocenters. The fourth-order valence-corrected chi connectivity index (χ4v) is 2.44. The summed E-state index contributed by atoms with van der Waals surface area (Å²) in [6.45, 7) is 9.51. The highest BCUT2D eigenvalue weighted by Gasteiger charge is 2.24. The molecule has 5 heteroatoms. The molecule has 0 aromatic rings. The summed E-state index contributed by atoms with van der Waals surface area (Å²) in [4.78, 5) is 6.53. The van der Waals surface area contributed by atoms with Gasteiger partial charge in [-0.05, 0) is 38.9 Å². The quantitative estimate of drug-likeness (QED) is 0.348. The van der Waals surface area contributed by atoms with E-state index >= 15 is 0 Å². The van der Waals surface area contributed by atoms with Gasteiger partial charge in [-0.3, -0.25) is 4.99 Å². The van der Waals surface area contributed by atoms with Crippen LogP contribution in [-0.2, 0) is 4.74 Å². The molecule has 0 aliphatic carbocycles. The summed E-state index contributed by atoms with van der Waals surface area (Å²) in [5.74, 6) is 0.865. The number of methoxy groups -OCH3 is 1. The summed E-state index contributed by atoms with van der Waals surface area (Å²) in [7, 11) is 7.85. The van der Waals surface area contributed by atoms with Gasteiger partial charge in [0.1, 0.15) is 0 Å². The number of nitrogens with one attached hydrogen (secondary N) is 2. The molecule has 0 fully saturated rings. The van der Waals surface area contributed by atoms with Crippen LogP contribution in [-0.4, -0.2) is 64.9 Å². The van der Waals surface area contributed by atoms with Gasteiger partial charge < -0.3 is 20.3 Å². The number of aliphatic imine (C=N–C) groups is 1. The number of unbranched alkanes of at least 4 members (excludes halogenated alkanes) is 4. The van der Waals surface area contributed by atoms with Gasteiger partial charge in [-0.2, -0.15) is 0 Å². The molecule has 138 valence electrons. The highest BCUT2D eigenvalue weighted by molar-refractivity contribution is 5.79. The van der Waals surface area contributed by atoms with E-state index in [4.69, 9.17) is 4.74 Å². The molecule has 0 saturated carbocycles. The van der Waals surface area contributed by atoms with Gasteiger partial charge in [-0.1, -0.05) is 40.0 Å². The van der Waals surface area contributed by atoms with Crippen LogP contribution in [0.5, 0.6) is 0 Å². The third-order valence-corrected chi connectivity index (χ3v) is 4.00. The van der Waals surface area contributed by atoms with Crippen LogP contribution in [0, 0.1) is 5.41 Å². The molecule has 2 N–H and O–H groups in total. The van der Waals surface area contributed by atoms with E-state index in [1.54, 1.807) is 7.11 Å². The minimum Gasteiger partial charge on any atom is -0.379 e. The number of hydrogen-bond acceptors (Lipinski definition) is 3. The SMILES string of the molecule is CN=C(NCCCCCCCN(C)C)NCC(OC)C(C)(C)C. The lowest BCUT2D eigenvalue weighted by Crippen LogP contribution is -2.45. The lowest BCUT2D eigenvalue weighted by Gasteiger charge is -2.30. The molecule has 1 unspecified atom stereocenters. The minimum atomic E-state index is 0.118. The molecule has 5 nitrogen and oxygen atoms in total. The molecule has 0 bridgehead atoms. The third kappa shape index (κ3) is 12.3. The van der Waals surface area contributed by atoms with Crippen molar-refractivity contribution in [3.63, 3.8) is 0 Å². The number of nitrogens with zero attached hydrogens (tertiary/aromatic N) is 2. The monoisotopic (exact) mass is 328 g/mol. The second-order valence-corrected chi connectivity index (χ2v) is 7.54. The predicted octanol–water partition coefficient (Wildman–Crippen LogP) is 2.72. The van der Waals surface area contributed by atoms with Crippen molar-refractivity contribution >= 4 is 5.96 Å². The summed E-state index contributed by atoms with van der Waals surface area (Å²) < 4.78 is 5.56. The molecular weight excluding hydrogens is 288 g/mol. The van der Waals surface area contributed by atoms with Gasteiger partial charge in [0.2, 0.25) is 0 Å². The minimum absolute atomic E-state index is 0.118. The van der Waals surface area contributed by atoms with E-state index in [2.05, 4.69) is 55.4 Å². The summed E-state index contributed by atoms with van der Waals surface area (Å²) in [5, 5.41) is 6.74. The van der Waals surface area contributed by atoms with Crippen molar-refractivity contribution in [2.75, 3.05) is 47.9 Å². The first-order chi connectivity index (χ1) is 10.8. The Labute approximate surface area is 144 Å². The second kappa shape index (κ2) is 12.6. The lowest BCUT2D eigenvalue weighted by molar-refractivity contribution is 0.0205. The van der Waals surface area contributed by atoms with Gasteiger partial charge in [-0.25, -0.2) is 0 Å². The molecule has 0 heterocycles. The molecule has 0 rings (SSSR count). The predicted molar refractivity (Wildman–Crippen MR) is 101 cm³/mol. The van der Waals surface area contributed by atoms with E-state index in [-0.39, 0.29) is 11.5 Å². The van der Waals surface area contributed by atoms with Gasteiger partial charge in [-0.15, -0.1) is 0 Å². The summed E-state index contributed by atoms with van der Waals surface area (Å²) >= 11 is 0. The van der Waals surface area contributed by atoms with Crippen molar-refractivity contribution in [1.82, 2.24) is 15.5 Å². The highest BCUT2D eigenvalue weighted by atomic mass is 16.5. The van der Waals surface area contributed by atoms with Crippen molar-refractivity contribution in [3.8, 4) is 0 Å². The zero-order chi connectivity index (χ0) is 17.7. The molecule has 0 aliphatic rings. The first-order valence-electron chi connectivity index (χ1n) is 8.93. The number of ether oxygens (including phenoxy) is 1. The van der Waals surface area contributed by atoms with E-state index < -0.39 is 0 Å². The standard InChI is InChI=1S/C18H40N4O/c1-18(2,3)16(23-7)15-21-17(19-4)20-13-11-9-8-10-12-14-22(5)6/h16H,8-15H2,1-7H3,(H2,19,20,21). The molecule has 0 saturated heterocycles. The first kappa shape index (κ1) is 22.2. The molecule has 23 heavy (non-hydrogen) atoms. The van der Waals surface area contributed by atoms with Gasteiger partial charge in [0, 0.05) is 27.2 Å². The maximum atomic E-state index is 5.56. The first-order valence-corrected chi connectivity index (χ1v) is 8.93. The van der Waals surface area contributed by atoms with Crippen LogP contribution >= 0.6 is 0 Å². The van der Waals surface area contributed by atoms with Crippen molar-refractivity contribution < 1.29 is 4.74 Å². The summed E-state index contributed by atoms with van der Waals surface area (Å²) in [5.41, 5.74) is 0.118. The summed E-state index contributed by atoms with van der Waals surface area (Å²) in [6, 6.07) is 0. The lowest BCUT2D eigenvalue weighted by atomic mass is 9.89. The molecule has 0 aliphatic heterocycles. The van der Waals surface area contributed by atoms with Crippen LogP contribution in [0.1, 0.15) is 52.9 Å². The average molecular weight is 329 g/mol. The Hall–Kier alpha value is -0.810. The van der Waals surface area contributed by atoms with Crippen molar-refractivity contribution in [2.45, 2.75) is 59.0 Å². The van der Waals surface area contributed by atoms with E-state index in [0.717, 1.165) is 19.0 Å². The molecule has 0 spiro atoms. The average Bonchev–Trinajstić information content (AvgIpc) is 2.46. The van der Waals surface area contributed by atoms with Gasteiger partial charge in [0.05, 0.1) is 6.10 Å². The normalized spacial score (nSPS) is 14.2. The zero-order valence-corrected chi connectivity index (χ0v) is 16.5. The zero-order valence-electron chi connectivity index (χ0n) is 16.5. The van der Waals surface area contributed by atoms with Crippen LogP contribution in [0.2, 0.25) is 0 Å². The Morgan fingerprint density at radius 2 is 1.65 bits per heavy atom. The molecule has 0 radical (unpaired) electrons. The third-order valence-electron chi connectivity index (χ3n) is 4.00. The Kier molecular flexibility index (Phi) is 12.1. The topological polar surface area (TPSA) is 48.9 Å². The molecule has 0 amide bonds. The fraction of sp³-hybridized carbons (Fsp3) is 0.944. The maximum absolute atomic E-state index is 5.56. The highest BCUT2D eigenvalue weighted by Crippen LogP contribution is 2.20. The van der Waals surface area contributed by atoms with Crippen LogP contribution in [0.25, 0.3) is 0 Å². The number of guanidine groups is 1. The Balaban J connectivity index is 3.75. The Morgan fingerprint density at radius 3 is 2.17 bits per heavy atom. The van der Waals surface area contributed by atoms with Crippen LogP contribution < -0.4 is 10.6 Å². The van der Waals surface area contributed by atoms with Gasteiger partial charge >= 0.3 is 0 Å². The smallest absolute Gasteiger partial charge is 0.191 e. The number of hydrogen-bond donors (Lipinski definition) is 2. The summed E-state index contributed by atoms with van der Waals surface area (Å²) in [6.07, 6.45) is 6.58. The van der Waals surface area contributed by atoms with Crippen LogP contribution in [0.3, 0.4) is 0 Å². The van der Waals surface area contributed by atoms with E-state index in [9.17, 15) is 0 Å². The van der Waals surface area contributed by atoms with E-state index in [0.29, 0.717) is 0 Å². The molecule has 0 aromatic carbocycles. The van der Waals surface area contributed by atoms with E-state index in [1.165, 1.54) is 38.6 Å². The fourth-order valence-electron chi connectivity index (χ4n) is 2.44. The molecule has 0 aromatic heterocycles. The van der Waals surface area contributed by atoms with Crippen molar-refractivity contribution in [1.29, 1.82) is 0 Å². The second-order valence-electron chi connectivity index (χ2n) is 7.54.